The first-order chi connectivity index (χ1) is 18.4. The number of halogens is 3. The zero-order valence-corrected chi connectivity index (χ0v) is 23.1. The summed E-state index contributed by atoms with van der Waals surface area (Å²) in [6.45, 7) is 0. The predicted molar refractivity (Wildman–Crippen MR) is 147 cm³/mol. The van der Waals surface area contributed by atoms with Gasteiger partial charge in [-0.2, -0.15) is 0 Å². The molecule has 8 nitrogen and oxygen atoms in total. The molecule has 0 amide bonds. The van der Waals surface area contributed by atoms with Crippen molar-refractivity contribution in [3.8, 4) is 22.4 Å². The Kier molecular flexibility index (Phi) is 7.14. The first-order valence-corrected chi connectivity index (χ1v) is 14.6. The Bertz CT molecular complexity index is 1770. The second kappa shape index (κ2) is 10.3. The van der Waals surface area contributed by atoms with E-state index in [0.717, 1.165) is 17.7 Å². The van der Waals surface area contributed by atoms with Crippen molar-refractivity contribution in [1.82, 2.24) is 14.3 Å². The molecule has 5 rings (SSSR count). The largest absolute Gasteiger partial charge is 0.368 e. The van der Waals surface area contributed by atoms with Gasteiger partial charge in [0.1, 0.15) is 27.5 Å². The quantitative estimate of drug-likeness (QED) is 0.333. The van der Waals surface area contributed by atoms with Crippen LogP contribution in [0.3, 0.4) is 0 Å². The van der Waals surface area contributed by atoms with Crippen LogP contribution in [0, 0.1) is 11.6 Å². The molecule has 1 aromatic heterocycles. The van der Waals surface area contributed by atoms with Crippen LogP contribution >= 0.6 is 11.6 Å². The maximum atomic E-state index is 14.3. The average Bonchev–Trinajstić information content (AvgIpc) is 2.87. The summed E-state index contributed by atoms with van der Waals surface area (Å²) in [6, 6.07) is 12.4. The summed E-state index contributed by atoms with van der Waals surface area (Å²) in [5.41, 5.74) is 9.90. The summed E-state index contributed by atoms with van der Waals surface area (Å²) in [7, 11) is -2.44. The smallest absolute Gasteiger partial charge is 0.264 e. The van der Waals surface area contributed by atoms with Crippen molar-refractivity contribution in [2.45, 2.75) is 22.6 Å². The molecule has 1 unspecified atom stereocenters. The minimum Gasteiger partial charge on any atom is -0.368 e. The maximum Gasteiger partial charge on any atom is 0.264 e. The third kappa shape index (κ3) is 5.24. The van der Waals surface area contributed by atoms with E-state index in [-0.39, 0.29) is 16.7 Å². The molecule has 0 radical (unpaired) electrons. The Morgan fingerprint density at radius 2 is 1.82 bits per heavy atom. The van der Waals surface area contributed by atoms with Crippen LogP contribution in [-0.4, -0.2) is 41.0 Å². The number of hydrogen-bond acceptors (Lipinski definition) is 6. The SMILES string of the molecule is CN(C)S(=O)c1cccc(-c2nc(N)nc3c2-c2cc(NS(=O)(=O)c4ccc(F)cc4F)c(Cl)cc2CC3)c1. The van der Waals surface area contributed by atoms with Crippen molar-refractivity contribution >= 4 is 44.2 Å². The van der Waals surface area contributed by atoms with Gasteiger partial charge in [-0.05, 0) is 74.5 Å². The van der Waals surface area contributed by atoms with Gasteiger partial charge in [0, 0.05) is 17.2 Å². The number of sulfonamides is 1. The van der Waals surface area contributed by atoms with Crippen LogP contribution in [0.1, 0.15) is 11.3 Å². The molecule has 0 bridgehead atoms. The number of nitrogens with zero attached hydrogens (tertiary/aromatic N) is 3. The fourth-order valence-corrected chi connectivity index (χ4v) is 6.71. The van der Waals surface area contributed by atoms with E-state index in [0.29, 0.717) is 51.9 Å². The number of fused-ring (bicyclic) bond motifs is 3. The number of rotatable bonds is 6. The van der Waals surface area contributed by atoms with Gasteiger partial charge in [-0.1, -0.05) is 23.7 Å². The zero-order chi connectivity index (χ0) is 28.1. The molecule has 0 aliphatic heterocycles. The summed E-state index contributed by atoms with van der Waals surface area (Å²) in [5.74, 6) is -2.07. The monoisotopic (exact) mass is 589 g/mol. The van der Waals surface area contributed by atoms with Crippen LogP contribution in [0.2, 0.25) is 5.02 Å². The summed E-state index contributed by atoms with van der Waals surface area (Å²) < 4.78 is 70.2. The highest BCUT2D eigenvalue weighted by molar-refractivity contribution is 7.92. The van der Waals surface area contributed by atoms with Gasteiger partial charge in [0.05, 0.1) is 27.0 Å². The lowest BCUT2D eigenvalue weighted by Crippen LogP contribution is -2.16. The third-order valence-electron chi connectivity index (χ3n) is 6.16. The Hall–Kier alpha value is -3.45. The van der Waals surface area contributed by atoms with Crippen LogP contribution < -0.4 is 10.5 Å². The van der Waals surface area contributed by atoms with Crippen LogP contribution in [0.25, 0.3) is 22.4 Å². The van der Waals surface area contributed by atoms with Gasteiger partial charge in [0.25, 0.3) is 10.0 Å². The fraction of sp³-hybridized carbons (Fsp3) is 0.154. The van der Waals surface area contributed by atoms with E-state index in [2.05, 4.69) is 14.7 Å². The summed E-state index contributed by atoms with van der Waals surface area (Å²) in [5, 5.41) is 0.101. The molecule has 0 saturated heterocycles. The van der Waals surface area contributed by atoms with Crippen molar-refractivity contribution in [1.29, 1.82) is 0 Å². The average molecular weight is 590 g/mol. The van der Waals surface area contributed by atoms with Crippen molar-refractivity contribution < 1.29 is 21.4 Å². The fourth-order valence-electron chi connectivity index (χ4n) is 4.44. The molecular weight excluding hydrogens is 568 g/mol. The third-order valence-corrected chi connectivity index (χ3v) is 9.20. The zero-order valence-electron chi connectivity index (χ0n) is 20.7. The first kappa shape index (κ1) is 27.1. The molecule has 1 heterocycles. The highest BCUT2D eigenvalue weighted by Crippen LogP contribution is 2.43. The molecule has 1 aliphatic rings. The second-order valence-electron chi connectivity index (χ2n) is 9.01. The van der Waals surface area contributed by atoms with E-state index < -0.39 is 37.5 Å². The summed E-state index contributed by atoms with van der Waals surface area (Å²) in [4.78, 5) is 8.75. The van der Waals surface area contributed by atoms with E-state index in [1.165, 1.54) is 0 Å². The highest BCUT2D eigenvalue weighted by atomic mass is 35.5. The molecule has 3 N–H and O–H groups in total. The molecule has 0 spiro atoms. The molecule has 0 fully saturated rings. The predicted octanol–water partition coefficient (Wildman–Crippen LogP) is 4.81. The lowest BCUT2D eigenvalue weighted by atomic mass is 9.86. The van der Waals surface area contributed by atoms with Gasteiger partial charge in [-0.15, -0.1) is 0 Å². The molecule has 13 heteroatoms. The number of aromatic nitrogens is 2. The van der Waals surface area contributed by atoms with E-state index in [1.807, 2.05) is 6.07 Å². The summed E-state index contributed by atoms with van der Waals surface area (Å²) >= 11 is 6.44. The molecular formula is C26H22ClF2N5O3S2. The maximum absolute atomic E-state index is 14.3. The molecule has 202 valence electrons. The number of nitrogens with one attached hydrogen (secondary N) is 1. The number of anilines is 2. The normalized spacial score (nSPS) is 13.6. The Morgan fingerprint density at radius 3 is 2.54 bits per heavy atom. The van der Waals surface area contributed by atoms with Gasteiger partial charge in [-0.3, -0.25) is 4.72 Å². The van der Waals surface area contributed by atoms with Crippen molar-refractivity contribution in [2.75, 3.05) is 24.6 Å². The van der Waals surface area contributed by atoms with E-state index in [1.54, 1.807) is 48.7 Å². The van der Waals surface area contributed by atoms with Crippen molar-refractivity contribution in [2.24, 2.45) is 0 Å². The molecule has 1 aliphatic carbocycles. The van der Waals surface area contributed by atoms with Crippen LogP contribution in [0.15, 0.2) is 64.4 Å². The number of nitrogen functional groups attached to an aromatic ring is 1. The van der Waals surface area contributed by atoms with Crippen molar-refractivity contribution in [3.63, 3.8) is 0 Å². The highest BCUT2D eigenvalue weighted by Gasteiger charge is 2.27. The second-order valence-corrected chi connectivity index (χ2v) is 12.8. The van der Waals surface area contributed by atoms with E-state index in [4.69, 9.17) is 17.3 Å². The number of benzene rings is 3. The number of aryl methyl sites for hydroxylation is 2. The van der Waals surface area contributed by atoms with Gasteiger partial charge < -0.3 is 5.73 Å². The van der Waals surface area contributed by atoms with Gasteiger partial charge in [0.15, 0.2) is 0 Å². The lowest BCUT2D eigenvalue weighted by Gasteiger charge is -2.24. The Balaban J connectivity index is 1.65. The first-order valence-electron chi connectivity index (χ1n) is 11.6. The minimum absolute atomic E-state index is 0.00257. The van der Waals surface area contributed by atoms with Crippen molar-refractivity contribution in [3.05, 3.63) is 82.5 Å². The van der Waals surface area contributed by atoms with Gasteiger partial charge >= 0.3 is 0 Å². The molecule has 39 heavy (non-hydrogen) atoms. The van der Waals surface area contributed by atoms with Crippen LogP contribution in [0.4, 0.5) is 20.4 Å². The topological polar surface area (TPSA) is 118 Å². The number of nitrogens with two attached hydrogens (primary N) is 1. The van der Waals surface area contributed by atoms with Gasteiger partial charge in [0.2, 0.25) is 5.95 Å². The van der Waals surface area contributed by atoms with Crippen LogP contribution in [-0.2, 0) is 33.9 Å². The standard InChI is InChI=1S/C26H22ClF2N5O3S2/c1-34(2)38(35)17-5-3-4-15(10-17)25-24-18-13-22(33-39(36,37)23-9-7-16(28)12-20(23)29)19(27)11-14(18)6-8-21(24)31-26(30)32-25/h3-5,7,9-13,33H,6,8H2,1-2H3,(H2,30,31,32). The number of hydrogen-bond donors (Lipinski definition) is 2. The van der Waals surface area contributed by atoms with Crippen LogP contribution in [0.5, 0.6) is 0 Å². The summed E-state index contributed by atoms with van der Waals surface area (Å²) in [6.07, 6.45) is 1.09. The molecule has 4 aromatic rings. The minimum atomic E-state index is -4.45. The molecule has 1 atom stereocenters. The van der Waals surface area contributed by atoms with E-state index in [9.17, 15) is 21.4 Å². The Morgan fingerprint density at radius 1 is 1.05 bits per heavy atom. The molecule has 0 saturated carbocycles. The van der Waals surface area contributed by atoms with Gasteiger partial charge in [-0.25, -0.2) is 35.7 Å². The Labute approximate surface area is 231 Å². The molecule has 3 aromatic carbocycles. The van der Waals surface area contributed by atoms with E-state index >= 15 is 0 Å². The lowest BCUT2D eigenvalue weighted by molar-refractivity contribution is 0.551.